The van der Waals surface area contributed by atoms with Crippen molar-refractivity contribution in [3.05, 3.63) is 70.9 Å². The standard InChI is InChI=1S/C21H15F6N3O2/c22-20(23,24)11-30-9-13-7-16(4-5-17(13)19(30)31)32-10-14-8-28-29-18(14)12-2-1-3-15(6-12)21(25,26)27/h1-8H,9-11H2,(H,28,29). The number of benzene rings is 2. The highest BCUT2D eigenvalue weighted by molar-refractivity contribution is 5.98. The molecular weight excluding hydrogens is 440 g/mol. The van der Waals surface area contributed by atoms with Gasteiger partial charge in [0.05, 0.1) is 11.3 Å². The molecule has 0 aliphatic carbocycles. The van der Waals surface area contributed by atoms with E-state index in [9.17, 15) is 31.1 Å². The molecule has 32 heavy (non-hydrogen) atoms. The van der Waals surface area contributed by atoms with Crippen LogP contribution in [0.1, 0.15) is 27.0 Å². The fourth-order valence-electron chi connectivity index (χ4n) is 3.47. The van der Waals surface area contributed by atoms with Crippen LogP contribution in [0, 0.1) is 0 Å². The molecule has 1 aliphatic heterocycles. The lowest BCUT2D eigenvalue weighted by Crippen LogP contribution is -2.34. The third-order valence-corrected chi connectivity index (χ3v) is 4.90. The molecule has 0 fully saturated rings. The van der Waals surface area contributed by atoms with E-state index < -0.39 is 30.4 Å². The van der Waals surface area contributed by atoms with E-state index in [1.807, 2.05) is 0 Å². The summed E-state index contributed by atoms with van der Waals surface area (Å²) in [7, 11) is 0. The first-order valence-corrected chi connectivity index (χ1v) is 9.33. The number of alkyl halides is 6. The van der Waals surface area contributed by atoms with Crippen molar-refractivity contribution in [3.63, 3.8) is 0 Å². The number of carbonyl (C=O) groups is 1. The van der Waals surface area contributed by atoms with Crippen LogP contribution in [-0.2, 0) is 19.3 Å². The molecule has 0 spiro atoms. The SMILES string of the molecule is O=C1c2ccc(OCc3c[nH]nc3-c3cccc(C(F)(F)F)c3)cc2CN1CC(F)(F)F. The second-order valence-electron chi connectivity index (χ2n) is 7.22. The molecule has 4 rings (SSSR count). The highest BCUT2D eigenvalue weighted by atomic mass is 19.4. The Balaban J connectivity index is 1.49. The molecule has 2 heterocycles. The monoisotopic (exact) mass is 455 g/mol. The average molecular weight is 455 g/mol. The van der Waals surface area contributed by atoms with Crippen molar-refractivity contribution in [2.45, 2.75) is 25.5 Å². The highest BCUT2D eigenvalue weighted by Crippen LogP contribution is 2.33. The number of carbonyl (C=O) groups excluding carboxylic acids is 1. The maximum atomic E-state index is 13.0. The summed E-state index contributed by atoms with van der Waals surface area (Å²) in [6.45, 7) is -1.58. The molecule has 0 radical (unpaired) electrons. The van der Waals surface area contributed by atoms with Crippen LogP contribution in [-0.4, -0.2) is 33.7 Å². The molecule has 5 nitrogen and oxygen atoms in total. The van der Waals surface area contributed by atoms with Crippen LogP contribution in [0.3, 0.4) is 0 Å². The molecule has 3 aromatic rings. The summed E-state index contributed by atoms with van der Waals surface area (Å²) in [4.78, 5) is 12.8. The van der Waals surface area contributed by atoms with Gasteiger partial charge in [0.25, 0.3) is 5.91 Å². The Kier molecular flexibility index (Phi) is 5.35. The second kappa shape index (κ2) is 7.88. The van der Waals surface area contributed by atoms with Gasteiger partial charge >= 0.3 is 12.4 Å². The largest absolute Gasteiger partial charge is 0.489 e. The predicted octanol–water partition coefficient (Wildman–Crippen LogP) is 5.19. The zero-order chi connectivity index (χ0) is 23.1. The fraction of sp³-hybridized carbons (Fsp3) is 0.238. The first-order chi connectivity index (χ1) is 15.0. The van der Waals surface area contributed by atoms with Crippen LogP contribution in [0.4, 0.5) is 26.3 Å². The van der Waals surface area contributed by atoms with Gasteiger partial charge in [0, 0.05) is 29.4 Å². The van der Waals surface area contributed by atoms with Gasteiger partial charge in [-0.2, -0.15) is 31.4 Å². The maximum Gasteiger partial charge on any atom is 0.416 e. The number of fused-ring (bicyclic) bond motifs is 1. The summed E-state index contributed by atoms with van der Waals surface area (Å²) in [5, 5.41) is 6.60. The molecular formula is C21H15F6N3O2. The molecule has 168 valence electrons. The molecule has 1 N–H and O–H groups in total. The van der Waals surface area contributed by atoms with Crippen molar-refractivity contribution >= 4 is 5.91 Å². The smallest absolute Gasteiger partial charge is 0.416 e. The van der Waals surface area contributed by atoms with Crippen molar-refractivity contribution in [3.8, 4) is 17.0 Å². The number of hydrogen-bond acceptors (Lipinski definition) is 3. The van der Waals surface area contributed by atoms with E-state index in [4.69, 9.17) is 4.74 Å². The summed E-state index contributed by atoms with van der Waals surface area (Å²) < 4.78 is 82.6. The average Bonchev–Trinajstić information content (AvgIpc) is 3.29. The van der Waals surface area contributed by atoms with Gasteiger partial charge in [0.1, 0.15) is 18.9 Å². The zero-order valence-corrected chi connectivity index (χ0v) is 16.2. The van der Waals surface area contributed by atoms with E-state index in [1.165, 1.54) is 36.5 Å². The van der Waals surface area contributed by atoms with Crippen molar-refractivity contribution < 1.29 is 35.9 Å². The van der Waals surface area contributed by atoms with Gasteiger partial charge in [-0.1, -0.05) is 12.1 Å². The number of amides is 1. The zero-order valence-electron chi connectivity index (χ0n) is 16.2. The van der Waals surface area contributed by atoms with Gasteiger partial charge in [-0.3, -0.25) is 9.89 Å². The number of H-pyrrole nitrogens is 1. The predicted molar refractivity (Wildman–Crippen MR) is 101 cm³/mol. The van der Waals surface area contributed by atoms with Gasteiger partial charge in [0.2, 0.25) is 0 Å². The maximum absolute atomic E-state index is 13.0. The van der Waals surface area contributed by atoms with Gasteiger partial charge in [-0.05, 0) is 35.9 Å². The van der Waals surface area contributed by atoms with Gasteiger partial charge < -0.3 is 9.64 Å². The van der Waals surface area contributed by atoms with Crippen LogP contribution in [0.25, 0.3) is 11.3 Å². The second-order valence-corrected chi connectivity index (χ2v) is 7.22. The van der Waals surface area contributed by atoms with Crippen molar-refractivity contribution in [1.29, 1.82) is 0 Å². The van der Waals surface area contributed by atoms with E-state index in [0.717, 1.165) is 12.1 Å². The number of rotatable bonds is 5. The van der Waals surface area contributed by atoms with E-state index in [2.05, 4.69) is 10.2 Å². The highest BCUT2D eigenvalue weighted by Gasteiger charge is 2.37. The van der Waals surface area contributed by atoms with Crippen molar-refractivity contribution in [2.75, 3.05) is 6.54 Å². The minimum absolute atomic E-state index is 0.0545. The molecule has 0 unspecified atom stereocenters. The Labute approximate surface area is 177 Å². The van der Waals surface area contributed by atoms with Crippen LogP contribution >= 0.6 is 0 Å². The third-order valence-electron chi connectivity index (χ3n) is 4.90. The Morgan fingerprint density at radius 3 is 2.56 bits per heavy atom. The van der Waals surface area contributed by atoms with Crippen LogP contribution < -0.4 is 4.74 Å². The minimum Gasteiger partial charge on any atom is -0.489 e. The van der Waals surface area contributed by atoms with Crippen LogP contribution in [0.5, 0.6) is 5.75 Å². The molecule has 0 atom stereocenters. The minimum atomic E-state index is -4.50. The normalized spacial score (nSPS) is 14.1. The molecule has 1 aromatic heterocycles. The molecule has 2 aromatic carbocycles. The lowest BCUT2D eigenvalue weighted by atomic mass is 10.1. The quantitative estimate of drug-likeness (QED) is 0.539. The van der Waals surface area contributed by atoms with Crippen molar-refractivity contribution in [1.82, 2.24) is 15.1 Å². The summed E-state index contributed by atoms with van der Waals surface area (Å²) in [5.41, 5.74) is 0.790. The number of hydrogen-bond donors (Lipinski definition) is 1. The molecule has 0 saturated heterocycles. The summed E-state index contributed by atoms with van der Waals surface area (Å²) in [6, 6.07) is 9.04. The fourth-order valence-corrected chi connectivity index (χ4v) is 3.47. The van der Waals surface area contributed by atoms with E-state index in [1.54, 1.807) is 0 Å². The summed E-state index contributed by atoms with van der Waals surface area (Å²) in [6.07, 6.45) is -7.51. The number of ether oxygens (including phenoxy) is 1. The Bertz CT molecular complexity index is 1150. The first kappa shape index (κ1) is 21.7. The first-order valence-electron chi connectivity index (χ1n) is 9.33. The summed E-state index contributed by atoms with van der Waals surface area (Å²) >= 11 is 0. The van der Waals surface area contributed by atoms with Gasteiger partial charge in [-0.15, -0.1) is 0 Å². The summed E-state index contributed by atoms with van der Waals surface area (Å²) in [5.74, 6) is -0.396. The molecule has 11 heteroatoms. The lowest BCUT2D eigenvalue weighted by molar-refractivity contribution is -0.141. The topological polar surface area (TPSA) is 58.2 Å². The van der Waals surface area contributed by atoms with Crippen LogP contribution in [0.15, 0.2) is 48.7 Å². The van der Waals surface area contributed by atoms with E-state index in [0.29, 0.717) is 21.8 Å². The molecule has 0 bridgehead atoms. The molecule has 1 amide bonds. The van der Waals surface area contributed by atoms with E-state index >= 15 is 0 Å². The molecule has 1 aliphatic rings. The van der Waals surface area contributed by atoms with E-state index in [-0.39, 0.29) is 30.0 Å². The molecule has 0 saturated carbocycles. The number of nitrogens with one attached hydrogen (secondary N) is 1. The Morgan fingerprint density at radius 2 is 1.84 bits per heavy atom. The van der Waals surface area contributed by atoms with Crippen molar-refractivity contribution in [2.24, 2.45) is 0 Å². The number of halogens is 6. The number of aromatic amines is 1. The van der Waals surface area contributed by atoms with Gasteiger partial charge in [0.15, 0.2) is 0 Å². The Morgan fingerprint density at radius 1 is 1.06 bits per heavy atom. The number of aromatic nitrogens is 2. The number of nitrogens with zero attached hydrogens (tertiary/aromatic N) is 2. The lowest BCUT2D eigenvalue weighted by Gasteiger charge is -2.17. The Hall–Kier alpha value is -3.50. The van der Waals surface area contributed by atoms with Gasteiger partial charge in [-0.25, -0.2) is 0 Å². The van der Waals surface area contributed by atoms with Crippen LogP contribution in [0.2, 0.25) is 0 Å². The third kappa shape index (κ3) is 4.56.